The van der Waals surface area contributed by atoms with Crippen LogP contribution in [0.2, 0.25) is 0 Å². The topological polar surface area (TPSA) is 39.2 Å². The van der Waals surface area contributed by atoms with Crippen LogP contribution in [0, 0.1) is 0 Å². The van der Waals surface area contributed by atoms with E-state index in [-0.39, 0.29) is 5.97 Å². The highest BCUT2D eigenvalue weighted by molar-refractivity contribution is 5.68. The molecule has 94 valence electrons. The molecule has 0 radical (unpaired) electrons. The van der Waals surface area contributed by atoms with Crippen molar-refractivity contribution in [3.05, 3.63) is 30.1 Å². The molecule has 0 aliphatic rings. The Morgan fingerprint density at radius 2 is 2.00 bits per heavy atom. The average molecular weight is 235 g/mol. The summed E-state index contributed by atoms with van der Waals surface area (Å²) in [6.45, 7) is 0. The largest absolute Gasteiger partial charge is 0.469 e. The summed E-state index contributed by atoms with van der Waals surface area (Å²) in [7, 11) is 1.44. The summed E-state index contributed by atoms with van der Waals surface area (Å²) < 4.78 is 4.59. The van der Waals surface area contributed by atoms with Crippen molar-refractivity contribution in [2.75, 3.05) is 7.11 Å². The standard InChI is InChI=1S/C14H21NO2/c1-17-14(16)10-6-4-2-3-5-8-13-9-7-11-15-12-13/h7,9,11-12H,2-6,8,10H2,1H3. The SMILES string of the molecule is COC(=O)CCCCCCCc1cccnc1. The van der Waals surface area contributed by atoms with Gasteiger partial charge in [-0.3, -0.25) is 9.78 Å². The van der Waals surface area contributed by atoms with E-state index < -0.39 is 0 Å². The van der Waals surface area contributed by atoms with Crippen LogP contribution in [0.25, 0.3) is 0 Å². The minimum atomic E-state index is -0.0969. The van der Waals surface area contributed by atoms with Crippen LogP contribution in [0.1, 0.15) is 44.1 Å². The molecule has 3 nitrogen and oxygen atoms in total. The number of unbranched alkanes of at least 4 members (excludes halogenated alkanes) is 4. The van der Waals surface area contributed by atoms with Crippen LogP contribution >= 0.6 is 0 Å². The maximum Gasteiger partial charge on any atom is 0.305 e. The van der Waals surface area contributed by atoms with E-state index in [1.54, 1.807) is 6.20 Å². The Labute approximate surface area is 103 Å². The summed E-state index contributed by atoms with van der Waals surface area (Å²) >= 11 is 0. The molecule has 0 bridgehead atoms. The molecule has 0 saturated heterocycles. The molecule has 1 heterocycles. The van der Waals surface area contributed by atoms with E-state index in [1.807, 2.05) is 12.3 Å². The lowest BCUT2D eigenvalue weighted by molar-refractivity contribution is -0.140. The number of hydrogen-bond acceptors (Lipinski definition) is 3. The summed E-state index contributed by atoms with van der Waals surface area (Å²) in [5.74, 6) is -0.0969. The van der Waals surface area contributed by atoms with E-state index in [1.165, 1.54) is 31.9 Å². The third kappa shape index (κ3) is 6.72. The van der Waals surface area contributed by atoms with Gasteiger partial charge in [0.2, 0.25) is 0 Å². The number of pyridine rings is 1. The van der Waals surface area contributed by atoms with Crippen molar-refractivity contribution in [3.63, 3.8) is 0 Å². The van der Waals surface area contributed by atoms with Crippen LogP contribution in [-0.4, -0.2) is 18.1 Å². The van der Waals surface area contributed by atoms with E-state index in [0.29, 0.717) is 6.42 Å². The molecule has 0 unspecified atom stereocenters. The summed E-state index contributed by atoms with van der Waals surface area (Å²) in [5.41, 5.74) is 1.31. The van der Waals surface area contributed by atoms with Crippen LogP contribution in [0.4, 0.5) is 0 Å². The van der Waals surface area contributed by atoms with Crippen molar-refractivity contribution < 1.29 is 9.53 Å². The fourth-order valence-electron chi connectivity index (χ4n) is 1.78. The van der Waals surface area contributed by atoms with Crippen molar-refractivity contribution in [1.29, 1.82) is 0 Å². The van der Waals surface area contributed by atoms with Crippen LogP contribution in [0.5, 0.6) is 0 Å². The first kappa shape index (κ1) is 13.7. The molecule has 0 spiro atoms. The van der Waals surface area contributed by atoms with Gasteiger partial charge in [-0.25, -0.2) is 0 Å². The number of methoxy groups -OCH3 is 1. The first-order chi connectivity index (χ1) is 8.33. The van der Waals surface area contributed by atoms with Gasteiger partial charge in [-0.2, -0.15) is 0 Å². The highest BCUT2D eigenvalue weighted by atomic mass is 16.5. The van der Waals surface area contributed by atoms with Gasteiger partial charge < -0.3 is 4.74 Å². The van der Waals surface area contributed by atoms with Crippen molar-refractivity contribution in [2.24, 2.45) is 0 Å². The molecule has 0 aromatic carbocycles. The second-order valence-electron chi connectivity index (χ2n) is 4.21. The van der Waals surface area contributed by atoms with Gasteiger partial charge in [0.15, 0.2) is 0 Å². The number of aryl methyl sites for hydroxylation is 1. The first-order valence-electron chi connectivity index (χ1n) is 6.28. The van der Waals surface area contributed by atoms with Gasteiger partial charge in [-0.1, -0.05) is 25.3 Å². The zero-order valence-electron chi connectivity index (χ0n) is 10.5. The normalized spacial score (nSPS) is 10.2. The third-order valence-corrected chi connectivity index (χ3v) is 2.80. The van der Waals surface area contributed by atoms with Crippen LogP contribution in [-0.2, 0) is 16.0 Å². The smallest absolute Gasteiger partial charge is 0.305 e. The summed E-state index contributed by atoms with van der Waals surface area (Å²) in [5, 5.41) is 0. The lowest BCUT2D eigenvalue weighted by Crippen LogP contribution is -1.99. The Bertz CT molecular complexity index is 311. The van der Waals surface area contributed by atoms with Gasteiger partial charge >= 0.3 is 5.97 Å². The Morgan fingerprint density at radius 3 is 2.71 bits per heavy atom. The number of rotatable bonds is 8. The van der Waals surface area contributed by atoms with Gasteiger partial charge in [0.05, 0.1) is 7.11 Å². The lowest BCUT2D eigenvalue weighted by atomic mass is 10.1. The van der Waals surface area contributed by atoms with Gasteiger partial charge in [0, 0.05) is 18.8 Å². The second kappa shape index (κ2) is 8.74. The molecular formula is C14H21NO2. The van der Waals surface area contributed by atoms with E-state index in [0.717, 1.165) is 19.3 Å². The summed E-state index contributed by atoms with van der Waals surface area (Å²) in [4.78, 5) is 14.9. The molecule has 0 N–H and O–H groups in total. The van der Waals surface area contributed by atoms with E-state index in [9.17, 15) is 4.79 Å². The van der Waals surface area contributed by atoms with Crippen LogP contribution < -0.4 is 0 Å². The first-order valence-corrected chi connectivity index (χ1v) is 6.28. The summed E-state index contributed by atoms with van der Waals surface area (Å²) in [6.07, 6.45) is 11.1. The van der Waals surface area contributed by atoms with Gasteiger partial charge in [-0.15, -0.1) is 0 Å². The van der Waals surface area contributed by atoms with E-state index >= 15 is 0 Å². The van der Waals surface area contributed by atoms with E-state index in [2.05, 4.69) is 15.8 Å². The molecule has 0 atom stereocenters. The zero-order valence-corrected chi connectivity index (χ0v) is 10.5. The summed E-state index contributed by atoms with van der Waals surface area (Å²) in [6, 6.07) is 4.09. The Balaban J connectivity index is 1.93. The molecule has 1 aromatic heterocycles. The van der Waals surface area contributed by atoms with Crippen molar-refractivity contribution in [2.45, 2.75) is 44.9 Å². The Morgan fingerprint density at radius 1 is 1.24 bits per heavy atom. The van der Waals surface area contributed by atoms with E-state index in [4.69, 9.17) is 0 Å². The zero-order chi connectivity index (χ0) is 12.3. The molecule has 0 saturated carbocycles. The Hall–Kier alpha value is -1.38. The number of hydrogen-bond donors (Lipinski definition) is 0. The third-order valence-electron chi connectivity index (χ3n) is 2.80. The quantitative estimate of drug-likeness (QED) is 0.513. The van der Waals surface area contributed by atoms with Gasteiger partial charge in [-0.05, 0) is 30.9 Å². The average Bonchev–Trinajstić information content (AvgIpc) is 2.38. The monoisotopic (exact) mass is 235 g/mol. The molecule has 0 fully saturated rings. The number of carbonyl (C=O) groups excluding carboxylic acids is 1. The molecule has 1 rings (SSSR count). The number of ether oxygens (including phenoxy) is 1. The molecule has 1 aromatic rings. The Kier molecular flexibility index (Phi) is 7.03. The maximum absolute atomic E-state index is 10.9. The predicted octanol–water partition coefficient (Wildman–Crippen LogP) is 3.14. The molecule has 0 aliphatic carbocycles. The minimum absolute atomic E-state index is 0.0969. The molecule has 0 aliphatic heterocycles. The molecule has 17 heavy (non-hydrogen) atoms. The van der Waals surface area contributed by atoms with Crippen molar-refractivity contribution in [3.8, 4) is 0 Å². The number of aromatic nitrogens is 1. The fourth-order valence-corrected chi connectivity index (χ4v) is 1.78. The second-order valence-corrected chi connectivity index (χ2v) is 4.21. The predicted molar refractivity (Wildman–Crippen MR) is 67.7 cm³/mol. The minimum Gasteiger partial charge on any atom is -0.469 e. The lowest BCUT2D eigenvalue weighted by Gasteiger charge is -2.02. The van der Waals surface area contributed by atoms with Gasteiger partial charge in [0.25, 0.3) is 0 Å². The van der Waals surface area contributed by atoms with Crippen LogP contribution in [0.15, 0.2) is 24.5 Å². The fraction of sp³-hybridized carbons (Fsp3) is 0.571. The molecule has 0 amide bonds. The molecule has 3 heteroatoms. The van der Waals surface area contributed by atoms with Crippen molar-refractivity contribution in [1.82, 2.24) is 4.98 Å². The number of nitrogens with zero attached hydrogens (tertiary/aromatic N) is 1. The van der Waals surface area contributed by atoms with Crippen molar-refractivity contribution >= 4 is 5.97 Å². The highest BCUT2D eigenvalue weighted by Gasteiger charge is 1.99. The van der Waals surface area contributed by atoms with Crippen LogP contribution in [0.3, 0.4) is 0 Å². The number of esters is 1. The van der Waals surface area contributed by atoms with Gasteiger partial charge in [0.1, 0.15) is 0 Å². The number of carbonyl (C=O) groups is 1. The highest BCUT2D eigenvalue weighted by Crippen LogP contribution is 2.09. The maximum atomic E-state index is 10.9. The molecular weight excluding hydrogens is 214 g/mol.